The summed E-state index contributed by atoms with van der Waals surface area (Å²) in [7, 11) is 0. The van der Waals surface area contributed by atoms with E-state index in [0.29, 0.717) is 6.61 Å². The Morgan fingerprint density at radius 1 is 0.514 bits per heavy atom. The smallest absolute Gasteiger partial charge is 0.0428 e. The normalized spacial score (nSPS) is 10.7. The maximum absolute atomic E-state index is 7.88. The predicted molar refractivity (Wildman–Crippen MR) is 152 cm³/mol. The largest absolute Gasteiger partial charge is 0.396 e. The van der Waals surface area contributed by atoms with Crippen molar-refractivity contribution in [1.29, 1.82) is 0 Å². The summed E-state index contributed by atoms with van der Waals surface area (Å²) < 4.78 is 0. The molecule has 1 N–H and O–H groups in total. The maximum Gasteiger partial charge on any atom is 0.0428 e. The molecule has 0 saturated heterocycles. The van der Waals surface area contributed by atoms with Crippen LogP contribution in [-0.4, -0.2) is 11.7 Å². The van der Waals surface area contributed by atoms with Gasteiger partial charge in [-0.2, -0.15) is 0 Å². The fraction of sp³-hybridized carbons (Fsp3) is 0.364. The van der Waals surface area contributed by atoms with Crippen molar-refractivity contribution in [2.24, 2.45) is 0 Å². The second kappa shape index (κ2) is 17.8. The van der Waals surface area contributed by atoms with E-state index in [1.165, 1.54) is 16.7 Å². The SMILES string of the molecule is CCCO.[CH2-]C(C)(C)c1ccccc1.[CH2-]C(C)(C)c1ccccc1.[CH2-]C(C)(C)c1ccccc1.[Hf]. The molecule has 1 nitrogen and oxygen atoms in total. The zero-order valence-electron chi connectivity index (χ0n) is 23.1. The molecule has 3 rings (SSSR count). The van der Waals surface area contributed by atoms with E-state index < -0.39 is 0 Å². The van der Waals surface area contributed by atoms with Gasteiger partial charge in [0.2, 0.25) is 0 Å². The molecule has 3 aromatic carbocycles. The van der Waals surface area contributed by atoms with Crippen molar-refractivity contribution in [3.05, 3.63) is 128 Å². The van der Waals surface area contributed by atoms with Gasteiger partial charge in [0.15, 0.2) is 0 Å². The van der Waals surface area contributed by atoms with Crippen molar-refractivity contribution >= 4 is 0 Å². The second-order valence-corrected chi connectivity index (χ2v) is 10.5. The molecule has 0 heterocycles. The topological polar surface area (TPSA) is 20.2 Å². The molecular weight excluding hydrogens is 591 g/mol. The van der Waals surface area contributed by atoms with Crippen molar-refractivity contribution in [3.8, 4) is 0 Å². The molecule has 0 radical (unpaired) electrons. The van der Waals surface area contributed by atoms with E-state index in [4.69, 9.17) is 5.11 Å². The van der Waals surface area contributed by atoms with Crippen LogP contribution >= 0.6 is 0 Å². The number of aliphatic hydroxyl groups is 1. The minimum atomic E-state index is 0. The van der Waals surface area contributed by atoms with Gasteiger partial charge in [0.1, 0.15) is 0 Å². The third-order valence-corrected chi connectivity index (χ3v) is 4.89. The number of benzene rings is 3. The van der Waals surface area contributed by atoms with Crippen LogP contribution < -0.4 is 0 Å². The Labute approximate surface area is 236 Å². The molecule has 35 heavy (non-hydrogen) atoms. The van der Waals surface area contributed by atoms with Crippen molar-refractivity contribution in [3.63, 3.8) is 0 Å². The van der Waals surface area contributed by atoms with Gasteiger partial charge in [0.25, 0.3) is 0 Å². The van der Waals surface area contributed by atoms with Crippen LogP contribution in [0.4, 0.5) is 0 Å². The van der Waals surface area contributed by atoms with Crippen LogP contribution in [-0.2, 0) is 42.1 Å². The van der Waals surface area contributed by atoms with Gasteiger partial charge in [-0.25, -0.2) is 0 Å². The zero-order chi connectivity index (χ0) is 26.3. The van der Waals surface area contributed by atoms with Crippen molar-refractivity contribution in [2.75, 3.05) is 6.61 Å². The second-order valence-electron chi connectivity index (χ2n) is 10.5. The first-order valence-electron chi connectivity index (χ1n) is 12.1. The molecule has 0 saturated carbocycles. The molecule has 0 fully saturated rings. The Balaban J connectivity index is 0. The van der Waals surface area contributed by atoms with Crippen LogP contribution in [0.15, 0.2) is 91.0 Å². The van der Waals surface area contributed by atoms with E-state index in [1.807, 2.05) is 61.5 Å². The van der Waals surface area contributed by atoms with Gasteiger partial charge < -0.3 is 25.9 Å². The molecule has 192 valence electrons. The first-order valence-corrected chi connectivity index (χ1v) is 12.1. The van der Waals surface area contributed by atoms with Gasteiger partial charge in [0, 0.05) is 32.5 Å². The average molecular weight is 638 g/mol. The molecule has 0 amide bonds. The quantitative estimate of drug-likeness (QED) is 0.224. The molecule has 0 aliphatic rings. The van der Waals surface area contributed by atoms with Crippen LogP contribution in [0.25, 0.3) is 0 Å². The third-order valence-electron chi connectivity index (χ3n) is 4.89. The van der Waals surface area contributed by atoms with Crippen LogP contribution in [0.2, 0.25) is 0 Å². The van der Waals surface area contributed by atoms with Gasteiger partial charge in [0.05, 0.1) is 0 Å². The molecule has 3 aromatic rings. The van der Waals surface area contributed by atoms with E-state index in [0.717, 1.165) is 6.42 Å². The van der Waals surface area contributed by atoms with E-state index in [1.54, 1.807) is 0 Å². The summed E-state index contributed by atoms with van der Waals surface area (Å²) >= 11 is 0. The molecule has 2 heteroatoms. The Morgan fingerprint density at radius 2 is 0.686 bits per heavy atom. The summed E-state index contributed by atoms with van der Waals surface area (Å²) in [6.07, 6.45) is 0.875. The summed E-state index contributed by atoms with van der Waals surface area (Å²) in [6.45, 7) is 27.1. The Hall–Kier alpha value is -1.51. The van der Waals surface area contributed by atoms with Crippen LogP contribution in [0.3, 0.4) is 0 Å². The monoisotopic (exact) mass is 639 g/mol. The van der Waals surface area contributed by atoms with E-state index in [-0.39, 0.29) is 42.1 Å². The fourth-order valence-corrected chi connectivity index (χ4v) is 2.67. The Bertz CT molecular complexity index is 733. The van der Waals surface area contributed by atoms with Crippen LogP contribution in [0.1, 0.15) is 71.6 Å². The van der Waals surface area contributed by atoms with Crippen LogP contribution in [0.5, 0.6) is 0 Å². The molecule has 0 unspecified atom stereocenters. The van der Waals surface area contributed by atoms with E-state index in [2.05, 4.69) is 98.7 Å². The fourth-order valence-electron chi connectivity index (χ4n) is 2.67. The summed E-state index contributed by atoms with van der Waals surface area (Å²) in [5.74, 6) is 0. The van der Waals surface area contributed by atoms with Crippen molar-refractivity contribution in [2.45, 2.75) is 71.1 Å². The van der Waals surface area contributed by atoms with Crippen molar-refractivity contribution < 1.29 is 30.9 Å². The standard InChI is InChI=1S/3C10H13.C3H8O.Hf/c3*1-10(2,3)9-7-5-4-6-8-9;1-2-3-4;/h3*4-8H,1H2,2-3H3;4H,2-3H2,1H3;/q3*-1;;. The summed E-state index contributed by atoms with van der Waals surface area (Å²) in [6, 6.07) is 31.0. The number of rotatable bonds is 4. The van der Waals surface area contributed by atoms with Crippen LogP contribution in [0, 0.1) is 20.8 Å². The van der Waals surface area contributed by atoms with Gasteiger partial charge in [-0.3, -0.25) is 0 Å². The molecule has 0 bridgehead atoms. The van der Waals surface area contributed by atoms with E-state index >= 15 is 0 Å². The third kappa shape index (κ3) is 17.5. The molecule has 0 atom stereocenters. The molecule has 0 spiro atoms. The number of hydrogen-bond donors (Lipinski definition) is 1. The summed E-state index contributed by atoms with van der Waals surface area (Å²) in [4.78, 5) is 0. The van der Waals surface area contributed by atoms with E-state index in [9.17, 15) is 0 Å². The van der Waals surface area contributed by atoms with Gasteiger partial charge in [-0.1, -0.05) is 156 Å². The Morgan fingerprint density at radius 3 is 0.771 bits per heavy atom. The minimum Gasteiger partial charge on any atom is -0.396 e. The van der Waals surface area contributed by atoms with Gasteiger partial charge >= 0.3 is 0 Å². The molecular formula is C33H47HfO-3. The molecule has 0 aromatic heterocycles. The summed E-state index contributed by atoms with van der Waals surface area (Å²) in [5, 5.41) is 7.88. The van der Waals surface area contributed by atoms with Crippen molar-refractivity contribution in [1.82, 2.24) is 0 Å². The first-order chi connectivity index (χ1) is 15.7. The Kier molecular flexibility index (Phi) is 18.2. The first kappa shape index (κ1) is 35.7. The van der Waals surface area contributed by atoms with Gasteiger partial charge in [-0.15, -0.1) is 16.2 Å². The van der Waals surface area contributed by atoms with Gasteiger partial charge in [-0.05, 0) is 6.42 Å². The number of hydrogen-bond acceptors (Lipinski definition) is 1. The predicted octanol–water partition coefficient (Wildman–Crippen LogP) is 8.78. The number of aliphatic hydroxyl groups excluding tert-OH is 1. The molecule has 0 aliphatic heterocycles. The maximum atomic E-state index is 7.88. The zero-order valence-corrected chi connectivity index (χ0v) is 26.7. The average Bonchev–Trinajstić information content (AvgIpc) is 2.80. The molecule has 0 aliphatic carbocycles. The minimum absolute atomic E-state index is 0. The summed E-state index contributed by atoms with van der Waals surface area (Å²) in [5.41, 5.74) is 3.99.